The number of carbonyl (C=O) groups excluding carboxylic acids is 1. The summed E-state index contributed by atoms with van der Waals surface area (Å²) in [6.07, 6.45) is 8.00. The maximum absolute atomic E-state index is 12.7. The van der Waals surface area contributed by atoms with Crippen LogP contribution in [0.4, 0.5) is 5.95 Å². The van der Waals surface area contributed by atoms with Crippen molar-refractivity contribution in [1.82, 2.24) is 14.6 Å². The summed E-state index contributed by atoms with van der Waals surface area (Å²) < 4.78 is 1.71. The van der Waals surface area contributed by atoms with Crippen LogP contribution in [-0.4, -0.2) is 20.5 Å². The highest BCUT2D eigenvalue weighted by Gasteiger charge is 2.27. The molecule has 1 fully saturated rings. The van der Waals surface area contributed by atoms with Crippen LogP contribution in [0.2, 0.25) is 10.0 Å². The van der Waals surface area contributed by atoms with E-state index in [9.17, 15) is 4.79 Å². The lowest BCUT2D eigenvalue weighted by atomic mass is 9.79. The third-order valence-corrected chi connectivity index (χ3v) is 7.09. The number of unbranched alkanes of at least 4 members (excludes halogenated alkanes) is 1. The van der Waals surface area contributed by atoms with E-state index in [-0.39, 0.29) is 11.8 Å². The summed E-state index contributed by atoms with van der Waals surface area (Å²) in [5.41, 5.74) is 1.60. The Hall–Kier alpha value is -1.63. The molecule has 8 heteroatoms. The zero-order valence-corrected chi connectivity index (χ0v) is 18.7. The first-order valence-electron chi connectivity index (χ1n) is 10.2. The summed E-state index contributed by atoms with van der Waals surface area (Å²) in [5, 5.41) is 10.5. The van der Waals surface area contributed by atoms with Crippen molar-refractivity contribution < 1.29 is 4.79 Å². The molecule has 1 saturated carbocycles. The van der Waals surface area contributed by atoms with E-state index in [4.69, 9.17) is 23.2 Å². The quantitative estimate of drug-likeness (QED) is 0.454. The summed E-state index contributed by atoms with van der Waals surface area (Å²) in [6, 6.07) is 5.32. The van der Waals surface area contributed by atoms with Gasteiger partial charge in [0.2, 0.25) is 16.8 Å². The number of hydrogen-bond acceptors (Lipinski definition) is 4. The highest BCUT2D eigenvalue weighted by atomic mass is 35.5. The van der Waals surface area contributed by atoms with Gasteiger partial charge in [-0.3, -0.25) is 10.1 Å². The van der Waals surface area contributed by atoms with Gasteiger partial charge >= 0.3 is 0 Å². The molecule has 0 radical (unpaired) electrons. The van der Waals surface area contributed by atoms with Gasteiger partial charge in [-0.1, -0.05) is 49.4 Å². The first-order chi connectivity index (χ1) is 14.0. The lowest BCUT2D eigenvalue weighted by Gasteiger charge is -2.27. The average molecular weight is 451 g/mol. The third kappa shape index (κ3) is 4.60. The number of benzene rings is 1. The van der Waals surface area contributed by atoms with E-state index in [1.165, 1.54) is 30.6 Å². The zero-order chi connectivity index (χ0) is 20.4. The van der Waals surface area contributed by atoms with E-state index in [0.29, 0.717) is 21.0 Å². The van der Waals surface area contributed by atoms with Crippen LogP contribution in [0.25, 0.3) is 16.2 Å². The average Bonchev–Trinajstić information content (AvgIpc) is 3.29. The van der Waals surface area contributed by atoms with Crippen molar-refractivity contribution in [2.75, 3.05) is 5.32 Å². The maximum Gasteiger partial charge on any atom is 0.250 e. The van der Waals surface area contributed by atoms with Crippen LogP contribution in [0.15, 0.2) is 23.6 Å². The monoisotopic (exact) mass is 450 g/mol. The number of thiazole rings is 1. The van der Waals surface area contributed by atoms with E-state index in [0.717, 1.165) is 42.9 Å². The molecule has 0 aliphatic heterocycles. The van der Waals surface area contributed by atoms with Crippen LogP contribution in [-0.2, 0) is 4.79 Å². The van der Waals surface area contributed by atoms with Crippen molar-refractivity contribution in [3.8, 4) is 11.3 Å². The maximum atomic E-state index is 12.7. The van der Waals surface area contributed by atoms with Crippen LogP contribution in [0.3, 0.4) is 0 Å². The molecular formula is C21H24Cl2N4OS. The molecule has 3 aromatic rings. The smallest absolute Gasteiger partial charge is 0.250 e. The molecule has 5 nitrogen and oxygen atoms in total. The number of hydrogen-bond donors (Lipinski definition) is 1. The molecular weight excluding hydrogens is 427 g/mol. The predicted molar refractivity (Wildman–Crippen MR) is 120 cm³/mol. The van der Waals surface area contributed by atoms with E-state index in [1.54, 1.807) is 16.6 Å². The molecule has 1 aliphatic carbocycles. The Labute approximate surface area is 184 Å². The lowest BCUT2D eigenvalue weighted by Crippen LogP contribution is -2.27. The van der Waals surface area contributed by atoms with Gasteiger partial charge in [0, 0.05) is 21.9 Å². The second-order valence-electron chi connectivity index (χ2n) is 7.72. The van der Waals surface area contributed by atoms with Gasteiger partial charge in [0.25, 0.3) is 0 Å². The normalized spacial score (nSPS) is 19.6. The van der Waals surface area contributed by atoms with E-state index in [2.05, 4.69) is 22.3 Å². The number of aromatic nitrogens is 3. The van der Waals surface area contributed by atoms with Gasteiger partial charge in [-0.2, -0.15) is 4.98 Å². The first-order valence-corrected chi connectivity index (χ1v) is 11.8. The highest BCUT2D eigenvalue weighted by molar-refractivity contribution is 7.15. The number of fused-ring (bicyclic) bond motifs is 1. The van der Waals surface area contributed by atoms with Gasteiger partial charge in [0.1, 0.15) is 0 Å². The van der Waals surface area contributed by atoms with Crippen molar-refractivity contribution >= 4 is 51.4 Å². The minimum Gasteiger partial charge on any atom is -0.293 e. The Balaban J connectivity index is 1.45. The fourth-order valence-electron chi connectivity index (χ4n) is 4.03. The Kier molecular flexibility index (Phi) is 6.42. The Morgan fingerprint density at radius 1 is 1.28 bits per heavy atom. The van der Waals surface area contributed by atoms with Gasteiger partial charge in [-0.15, -0.1) is 16.4 Å². The molecule has 1 N–H and O–H groups in total. The minimum absolute atomic E-state index is 0.0273. The Morgan fingerprint density at radius 3 is 2.83 bits per heavy atom. The Morgan fingerprint density at radius 2 is 2.07 bits per heavy atom. The first kappa shape index (κ1) is 20.6. The molecule has 2 aromatic heterocycles. The SMILES string of the molecule is CCCCC1CCC(C(=O)Nc2nc3scc(-c4cc(Cl)ccc4Cl)n3n2)CC1. The van der Waals surface area contributed by atoms with Gasteiger partial charge in [-0.25, -0.2) is 4.52 Å². The van der Waals surface area contributed by atoms with Crippen LogP contribution in [0.1, 0.15) is 51.9 Å². The molecule has 2 heterocycles. The summed E-state index contributed by atoms with van der Waals surface area (Å²) >= 11 is 13.9. The van der Waals surface area contributed by atoms with Crippen LogP contribution >= 0.6 is 34.5 Å². The minimum atomic E-state index is 0.0273. The standard InChI is InChI=1S/C21H24Cl2N4OS/c1-2-3-4-13-5-7-14(8-6-13)19(28)24-20-25-21-27(26-20)18(12-29-21)16-11-15(22)9-10-17(16)23/h9-14H,2-8H2,1H3,(H,24,26,28). The summed E-state index contributed by atoms with van der Waals surface area (Å²) in [5.74, 6) is 1.20. The fourth-order valence-corrected chi connectivity index (χ4v) is 5.24. The fraction of sp³-hybridized carbons (Fsp3) is 0.476. The second kappa shape index (κ2) is 9.02. The van der Waals surface area contributed by atoms with E-state index >= 15 is 0 Å². The van der Waals surface area contributed by atoms with E-state index < -0.39 is 0 Å². The number of anilines is 1. The van der Waals surface area contributed by atoms with Crippen LogP contribution in [0.5, 0.6) is 0 Å². The molecule has 0 bridgehead atoms. The molecule has 0 spiro atoms. The van der Waals surface area contributed by atoms with Crippen LogP contribution in [0, 0.1) is 11.8 Å². The summed E-state index contributed by atoms with van der Waals surface area (Å²) in [7, 11) is 0. The number of halogens is 2. The van der Waals surface area contributed by atoms with Crippen molar-refractivity contribution in [2.24, 2.45) is 11.8 Å². The van der Waals surface area contributed by atoms with Crippen LogP contribution < -0.4 is 5.32 Å². The van der Waals surface area contributed by atoms with Gasteiger partial charge in [0.15, 0.2) is 0 Å². The topological polar surface area (TPSA) is 59.3 Å². The summed E-state index contributed by atoms with van der Waals surface area (Å²) in [4.78, 5) is 17.9. The molecule has 0 unspecified atom stereocenters. The molecule has 1 aliphatic rings. The van der Waals surface area contributed by atoms with Gasteiger partial charge in [-0.05, 0) is 49.8 Å². The number of rotatable bonds is 6. The number of nitrogens with zero attached hydrogens (tertiary/aromatic N) is 3. The Bertz CT molecular complexity index is 1010. The molecule has 29 heavy (non-hydrogen) atoms. The van der Waals surface area contributed by atoms with E-state index in [1.807, 2.05) is 11.4 Å². The predicted octanol–water partition coefficient (Wildman–Crippen LogP) is 6.70. The molecule has 4 rings (SSSR count). The van der Waals surface area contributed by atoms with Crippen molar-refractivity contribution in [1.29, 1.82) is 0 Å². The highest BCUT2D eigenvalue weighted by Crippen LogP contribution is 2.34. The number of carbonyl (C=O) groups is 1. The van der Waals surface area contributed by atoms with Crippen molar-refractivity contribution in [2.45, 2.75) is 51.9 Å². The molecule has 0 atom stereocenters. The van der Waals surface area contributed by atoms with Crippen molar-refractivity contribution in [3.63, 3.8) is 0 Å². The molecule has 154 valence electrons. The van der Waals surface area contributed by atoms with Gasteiger partial charge in [0.05, 0.1) is 10.7 Å². The zero-order valence-electron chi connectivity index (χ0n) is 16.3. The lowest BCUT2D eigenvalue weighted by molar-refractivity contribution is -0.121. The van der Waals surface area contributed by atoms with Gasteiger partial charge < -0.3 is 0 Å². The number of nitrogens with one attached hydrogen (secondary N) is 1. The molecule has 1 aromatic carbocycles. The molecule has 1 amide bonds. The largest absolute Gasteiger partial charge is 0.293 e. The van der Waals surface area contributed by atoms with Crippen molar-refractivity contribution in [3.05, 3.63) is 33.6 Å². The molecule has 0 saturated heterocycles. The summed E-state index contributed by atoms with van der Waals surface area (Å²) in [6.45, 7) is 2.23. The third-order valence-electron chi connectivity index (χ3n) is 5.70. The second-order valence-corrected chi connectivity index (χ2v) is 9.40. The number of amides is 1.